The molecule has 0 aliphatic rings. The number of rotatable bonds is 6. The Hall–Kier alpha value is -2.01. The van der Waals surface area contributed by atoms with Gasteiger partial charge in [-0.05, 0) is 30.7 Å². The second kappa shape index (κ2) is 6.43. The molecule has 1 aromatic heterocycles. The third-order valence-electron chi connectivity index (χ3n) is 2.70. The van der Waals surface area contributed by atoms with Gasteiger partial charge in [-0.2, -0.15) is 0 Å². The Kier molecular flexibility index (Phi) is 4.63. The van der Waals surface area contributed by atoms with E-state index in [2.05, 4.69) is 5.10 Å². The largest absolute Gasteiger partial charge is 0.493 e. The van der Waals surface area contributed by atoms with Crippen molar-refractivity contribution in [3.8, 4) is 11.6 Å². The van der Waals surface area contributed by atoms with Crippen LogP contribution in [0.15, 0.2) is 30.5 Å². The first-order chi connectivity index (χ1) is 9.61. The lowest BCUT2D eigenvalue weighted by Gasteiger charge is -2.13. The Morgan fingerprint density at radius 3 is 2.75 bits per heavy atom. The molecule has 0 radical (unpaired) electrons. The summed E-state index contributed by atoms with van der Waals surface area (Å²) in [5.74, 6) is 1.07. The van der Waals surface area contributed by atoms with Crippen LogP contribution >= 0.6 is 11.6 Å². The Bertz CT molecular complexity index is 610. The van der Waals surface area contributed by atoms with Crippen LogP contribution in [0.2, 0.25) is 0 Å². The van der Waals surface area contributed by atoms with Crippen molar-refractivity contribution in [2.75, 3.05) is 6.61 Å². The van der Waals surface area contributed by atoms with E-state index in [1.54, 1.807) is 42.2 Å². The number of carbonyl (C=O) groups excluding carboxylic acids is 1. The molecule has 6 heteroatoms. The summed E-state index contributed by atoms with van der Waals surface area (Å²) >= 11 is 5.60. The minimum absolute atomic E-state index is 0.168. The van der Waals surface area contributed by atoms with Crippen molar-refractivity contribution in [2.45, 2.75) is 13.5 Å². The van der Waals surface area contributed by atoms with E-state index in [9.17, 15) is 4.79 Å². The monoisotopic (exact) mass is 294 g/mol. The van der Waals surface area contributed by atoms with Gasteiger partial charge in [0.15, 0.2) is 0 Å². The maximum absolute atomic E-state index is 11.5. The third kappa shape index (κ3) is 3.30. The van der Waals surface area contributed by atoms with Crippen molar-refractivity contribution in [1.82, 2.24) is 9.78 Å². The van der Waals surface area contributed by atoms with Gasteiger partial charge in [0.2, 0.25) is 5.88 Å². The van der Waals surface area contributed by atoms with Gasteiger partial charge in [0.1, 0.15) is 12.4 Å². The van der Waals surface area contributed by atoms with Crippen LogP contribution < -0.4 is 9.47 Å². The summed E-state index contributed by atoms with van der Waals surface area (Å²) in [6, 6.07) is 6.90. The molecule has 1 heterocycles. The average Bonchev–Trinajstić information content (AvgIpc) is 2.83. The Morgan fingerprint density at radius 1 is 1.35 bits per heavy atom. The number of aryl methyl sites for hydroxylation is 1. The van der Waals surface area contributed by atoms with Gasteiger partial charge >= 0.3 is 0 Å². The van der Waals surface area contributed by atoms with E-state index >= 15 is 0 Å². The fourth-order valence-corrected chi connectivity index (χ4v) is 1.98. The lowest BCUT2D eigenvalue weighted by atomic mass is 10.1. The van der Waals surface area contributed by atoms with Gasteiger partial charge in [-0.3, -0.25) is 9.48 Å². The summed E-state index contributed by atoms with van der Waals surface area (Å²) in [4.78, 5) is 11.5. The van der Waals surface area contributed by atoms with Crippen LogP contribution in [0.25, 0.3) is 0 Å². The molecule has 0 N–H and O–H groups in total. The van der Waals surface area contributed by atoms with E-state index in [1.807, 2.05) is 6.92 Å². The van der Waals surface area contributed by atoms with E-state index in [-0.39, 0.29) is 6.61 Å². The number of nitrogens with zero attached hydrogens (tertiary/aromatic N) is 2. The highest BCUT2D eigenvalue weighted by molar-refractivity contribution is 6.68. The van der Waals surface area contributed by atoms with Gasteiger partial charge in [-0.15, -0.1) is 5.10 Å². The normalized spacial score (nSPS) is 10.3. The Morgan fingerprint density at radius 2 is 2.15 bits per heavy atom. The second-order valence-corrected chi connectivity index (χ2v) is 4.45. The highest BCUT2D eigenvalue weighted by Crippen LogP contribution is 2.25. The highest BCUT2D eigenvalue weighted by atomic mass is 35.5. The van der Waals surface area contributed by atoms with Crippen LogP contribution in [-0.4, -0.2) is 21.6 Å². The fourth-order valence-electron chi connectivity index (χ4n) is 1.81. The van der Waals surface area contributed by atoms with E-state index in [4.69, 9.17) is 21.1 Å². The summed E-state index contributed by atoms with van der Waals surface area (Å²) in [7, 11) is 1.80. The summed E-state index contributed by atoms with van der Waals surface area (Å²) in [6.45, 7) is 2.54. The number of carbonyl (C=O) groups is 1. The number of ether oxygens (including phenoxy) is 2. The van der Waals surface area contributed by atoms with Gasteiger partial charge in [0.25, 0.3) is 5.24 Å². The molecule has 0 saturated carbocycles. The molecule has 0 saturated heterocycles. The maximum atomic E-state index is 11.5. The molecule has 5 nitrogen and oxygen atoms in total. The van der Waals surface area contributed by atoms with Crippen LogP contribution in [-0.2, 0) is 13.7 Å². The minimum Gasteiger partial charge on any atom is -0.493 e. The Labute approximate surface area is 122 Å². The van der Waals surface area contributed by atoms with Crippen LogP contribution in [0.1, 0.15) is 22.8 Å². The van der Waals surface area contributed by atoms with Crippen LogP contribution in [0.4, 0.5) is 0 Å². The number of hydrogen-bond acceptors (Lipinski definition) is 4. The smallest absolute Gasteiger partial charge is 0.252 e. The molecule has 0 spiro atoms. The average molecular weight is 295 g/mol. The minimum atomic E-state index is -0.536. The highest BCUT2D eigenvalue weighted by Gasteiger charge is 2.15. The zero-order chi connectivity index (χ0) is 14.5. The zero-order valence-corrected chi connectivity index (χ0v) is 12.1. The van der Waals surface area contributed by atoms with Gasteiger partial charge in [0.05, 0.1) is 6.61 Å². The summed E-state index contributed by atoms with van der Waals surface area (Å²) in [5, 5.41) is 3.58. The molecule has 0 amide bonds. The molecule has 0 aliphatic heterocycles. The molecule has 2 rings (SSSR count). The number of hydrogen-bond donors (Lipinski definition) is 0. The molecule has 0 atom stereocenters. The summed E-state index contributed by atoms with van der Waals surface area (Å²) < 4.78 is 12.7. The van der Waals surface area contributed by atoms with E-state index in [1.165, 1.54) is 0 Å². The summed E-state index contributed by atoms with van der Waals surface area (Å²) in [5.41, 5.74) is 1.01. The molecule has 0 unspecified atom stereocenters. The predicted octanol–water partition coefficient (Wildman–Crippen LogP) is 2.78. The van der Waals surface area contributed by atoms with Gasteiger partial charge in [0, 0.05) is 30.4 Å². The second-order valence-electron chi connectivity index (χ2n) is 4.11. The first-order valence-electron chi connectivity index (χ1n) is 6.18. The first-order valence-corrected chi connectivity index (χ1v) is 6.56. The topological polar surface area (TPSA) is 53.4 Å². The van der Waals surface area contributed by atoms with Crippen molar-refractivity contribution >= 4 is 16.8 Å². The van der Waals surface area contributed by atoms with E-state index in [0.717, 1.165) is 0 Å². The molecular weight excluding hydrogens is 280 g/mol. The van der Waals surface area contributed by atoms with Crippen LogP contribution in [0, 0.1) is 0 Å². The fraction of sp³-hybridized carbons (Fsp3) is 0.286. The molecule has 2 aromatic rings. The quantitative estimate of drug-likeness (QED) is 0.769. The molecular formula is C14H15ClN2O3. The van der Waals surface area contributed by atoms with Crippen molar-refractivity contribution < 1.29 is 14.3 Å². The number of benzene rings is 1. The standard InChI is InChI=1S/C14H15ClN2O3/c1-3-19-12-6-4-5-10(14(15)18)11(12)9-20-13-7-8-17(2)16-13/h4-8H,3,9H2,1-2H3. The van der Waals surface area contributed by atoms with Gasteiger partial charge < -0.3 is 9.47 Å². The molecule has 0 aliphatic carbocycles. The molecule has 106 valence electrons. The van der Waals surface area contributed by atoms with E-state index in [0.29, 0.717) is 29.4 Å². The molecule has 0 bridgehead atoms. The zero-order valence-electron chi connectivity index (χ0n) is 11.3. The first kappa shape index (κ1) is 14.4. The summed E-state index contributed by atoms with van der Waals surface area (Å²) in [6.07, 6.45) is 1.78. The Balaban J connectivity index is 2.25. The number of aromatic nitrogens is 2. The van der Waals surface area contributed by atoms with Crippen molar-refractivity contribution in [1.29, 1.82) is 0 Å². The predicted molar refractivity (Wildman–Crippen MR) is 75.3 cm³/mol. The maximum Gasteiger partial charge on any atom is 0.252 e. The molecule has 20 heavy (non-hydrogen) atoms. The third-order valence-corrected chi connectivity index (χ3v) is 2.90. The number of halogens is 1. The van der Waals surface area contributed by atoms with Gasteiger partial charge in [-0.25, -0.2) is 0 Å². The SMILES string of the molecule is CCOc1cccc(C(=O)Cl)c1COc1ccn(C)n1. The lowest BCUT2D eigenvalue weighted by molar-refractivity contribution is 0.107. The van der Waals surface area contributed by atoms with Gasteiger partial charge in [-0.1, -0.05) is 6.07 Å². The van der Waals surface area contributed by atoms with Crippen molar-refractivity contribution in [3.63, 3.8) is 0 Å². The van der Waals surface area contributed by atoms with Crippen molar-refractivity contribution in [3.05, 3.63) is 41.6 Å². The van der Waals surface area contributed by atoms with E-state index < -0.39 is 5.24 Å². The van der Waals surface area contributed by atoms with Crippen LogP contribution in [0.5, 0.6) is 11.6 Å². The molecule has 1 aromatic carbocycles. The van der Waals surface area contributed by atoms with Crippen LogP contribution in [0.3, 0.4) is 0 Å². The molecule has 0 fully saturated rings. The van der Waals surface area contributed by atoms with Crippen molar-refractivity contribution in [2.24, 2.45) is 7.05 Å². The lowest BCUT2D eigenvalue weighted by Crippen LogP contribution is -2.07.